The third-order valence-electron chi connectivity index (χ3n) is 5.02. The fraction of sp³-hybridized carbons (Fsp3) is 0.800. The van der Waals surface area contributed by atoms with Crippen LogP contribution in [0, 0.1) is 11.8 Å². The molecule has 2 rings (SSSR count). The molecule has 0 radical (unpaired) electrons. The molecule has 0 aromatic carbocycles. The van der Waals surface area contributed by atoms with Gasteiger partial charge in [-0.05, 0) is 31.7 Å². The van der Waals surface area contributed by atoms with Gasteiger partial charge in [-0.2, -0.15) is 13.2 Å². The molecule has 1 N–H and O–H groups in total. The fourth-order valence-corrected chi connectivity index (χ4v) is 3.72. The summed E-state index contributed by atoms with van der Waals surface area (Å²) in [6.45, 7) is 11.8. The minimum Gasteiger partial charge on any atom is -0.357 e. The zero-order valence-corrected chi connectivity index (χ0v) is 18.0. The molecular formula is C20H35F3N6. The third-order valence-corrected chi connectivity index (χ3v) is 5.02. The Balaban J connectivity index is 1.97. The van der Waals surface area contributed by atoms with Crippen LogP contribution in [0.5, 0.6) is 0 Å². The number of likely N-dealkylation sites (tertiary alicyclic amines) is 1. The lowest BCUT2D eigenvalue weighted by molar-refractivity contribution is -0.146. The minimum atomic E-state index is -4.15. The first-order chi connectivity index (χ1) is 13.7. The van der Waals surface area contributed by atoms with Gasteiger partial charge in [0.1, 0.15) is 12.4 Å². The fourth-order valence-electron chi connectivity index (χ4n) is 3.72. The monoisotopic (exact) mass is 416 g/mol. The van der Waals surface area contributed by atoms with Gasteiger partial charge in [0, 0.05) is 45.1 Å². The van der Waals surface area contributed by atoms with E-state index in [1.54, 1.807) is 13.1 Å². The third kappa shape index (κ3) is 7.87. The Kier molecular flexibility index (Phi) is 8.79. The van der Waals surface area contributed by atoms with Crippen molar-refractivity contribution in [2.24, 2.45) is 16.8 Å². The number of guanidine groups is 1. The Morgan fingerprint density at radius 3 is 2.76 bits per heavy atom. The van der Waals surface area contributed by atoms with Gasteiger partial charge in [-0.25, -0.2) is 9.98 Å². The summed E-state index contributed by atoms with van der Waals surface area (Å²) < 4.78 is 40.3. The number of alkyl halides is 3. The first-order valence-electron chi connectivity index (χ1n) is 10.5. The summed E-state index contributed by atoms with van der Waals surface area (Å²) in [4.78, 5) is 12.8. The lowest BCUT2D eigenvalue weighted by Gasteiger charge is -2.26. The maximum atomic E-state index is 12.7. The van der Waals surface area contributed by atoms with Crippen LogP contribution in [-0.2, 0) is 13.1 Å². The van der Waals surface area contributed by atoms with Gasteiger partial charge >= 0.3 is 6.18 Å². The molecule has 0 aliphatic carbocycles. The Morgan fingerprint density at radius 2 is 2.14 bits per heavy atom. The zero-order chi connectivity index (χ0) is 21.4. The molecular weight excluding hydrogens is 381 g/mol. The topological polar surface area (TPSA) is 48.7 Å². The second kappa shape index (κ2) is 10.8. The van der Waals surface area contributed by atoms with E-state index in [1.165, 1.54) is 4.90 Å². The maximum Gasteiger partial charge on any atom is 0.401 e. The van der Waals surface area contributed by atoms with Crippen LogP contribution < -0.4 is 5.32 Å². The summed E-state index contributed by atoms with van der Waals surface area (Å²) in [5.74, 6) is 2.47. The molecule has 1 aromatic rings. The number of hydrogen-bond donors (Lipinski definition) is 1. The van der Waals surface area contributed by atoms with Crippen molar-refractivity contribution in [1.82, 2.24) is 24.7 Å². The molecule has 1 saturated heterocycles. The van der Waals surface area contributed by atoms with Crippen molar-refractivity contribution in [3.8, 4) is 0 Å². The van der Waals surface area contributed by atoms with E-state index in [2.05, 4.69) is 33.6 Å². The number of imidazole rings is 1. The second-order valence-electron chi connectivity index (χ2n) is 8.10. The molecule has 6 nitrogen and oxygen atoms in total. The van der Waals surface area contributed by atoms with Crippen molar-refractivity contribution in [3.05, 3.63) is 18.2 Å². The molecule has 1 unspecified atom stereocenters. The van der Waals surface area contributed by atoms with E-state index in [-0.39, 0.29) is 5.92 Å². The highest BCUT2D eigenvalue weighted by molar-refractivity contribution is 5.80. The van der Waals surface area contributed by atoms with Gasteiger partial charge < -0.3 is 14.8 Å². The van der Waals surface area contributed by atoms with E-state index in [0.29, 0.717) is 25.6 Å². The van der Waals surface area contributed by atoms with Gasteiger partial charge in [0.15, 0.2) is 5.96 Å². The smallest absolute Gasteiger partial charge is 0.357 e. The summed E-state index contributed by atoms with van der Waals surface area (Å²) in [5, 5.41) is 3.32. The van der Waals surface area contributed by atoms with E-state index in [4.69, 9.17) is 4.99 Å². The number of aliphatic imine (C=N–C) groups is 1. The van der Waals surface area contributed by atoms with Crippen LogP contribution in [0.25, 0.3) is 0 Å². The summed E-state index contributed by atoms with van der Waals surface area (Å²) >= 11 is 0. The number of hydrogen-bond acceptors (Lipinski definition) is 3. The van der Waals surface area contributed by atoms with Gasteiger partial charge in [-0.15, -0.1) is 0 Å². The molecule has 1 aliphatic heterocycles. The van der Waals surface area contributed by atoms with Crippen LogP contribution in [0.2, 0.25) is 0 Å². The first kappa shape index (κ1) is 23.5. The van der Waals surface area contributed by atoms with Crippen LogP contribution in [0.15, 0.2) is 17.4 Å². The Morgan fingerprint density at radius 1 is 1.38 bits per heavy atom. The van der Waals surface area contributed by atoms with Crippen LogP contribution in [0.1, 0.15) is 39.9 Å². The molecule has 166 valence electrons. The number of aromatic nitrogens is 2. The predicted molar refractivity (Wildman–Crippen MR) is 110 cm³/mol. The number of halogens is 3. The maximum absolute atomic E-state index is 12.7. The highest BCUT2D eigenvalue weighted by atomic mass is 19.4. The van der Waals surface area contributed by atoms with Gasteiger partial charge in [0.25, 0.3) is 0 Å². The lowest BCUT2D eigenvalue weighted by Crippen LogP contribution is -2.41. The molecule has 0 spiro atoms. The molecule has 0 saturated carbocycles. The number of nitrogens with one attached hydrogen (secondary N) is 1. The normalized spacial score (nSPS) is 18.3. The van der Waals surface area contributed by atoms with Crippen LogP contribution in [-0.4, -0.2) is 70.8 Å². The van der Waals surface area contributed by atoms with Crippen molar-refractivity contribution in [3.63, 3.8) is 0 Å². The van der Waals surface area contributed by atoms with Crippen LogP contribution >= 0.6 is 0 Å². The standard InChI is InChI=1S/C20H35F3N6/c1-5-24-19(26-11-18-25-8-10-28(18)12-16(3)4)29-9-7-17(14-29)13-27(6-2)15-20(21,22)23/h8,10,16-17H,5-7,9,11-15H2,1-4H3,(H,24,26). The number of nitrogens with zero attached hydrogens (tertiary/aromatic N) is 5. The summed E-state index contributed by atoms with van der Waals surface area (Å²) in [6.07, 6.45) is 0.499. The predicted octanol–water partition coefficient (Wildman–Crippen LogP) is 3.21. The van der Waals surface area contributed by atoms with Gasteiger partial charge in [-0.1, -0.05) is 20.8 Å². The van der Waals surface area contributed by atoms with E-state index >= 15 is 0 Å². The quantitative estimate of drug-likeness (QED) is 0.496. The SMILES string of the molecule is CCNC(=NCc1nccn1CC(C)C)N1CCC(CN(CC)CC(F)(F)F)C1. The van der Waals surface area contributed by atoms with Gasteiger partial charge in [0.05, 0.1) is 6.54 Å². The highest BCUT2D eigenvalue weighted by Gasteiger charge is 2.33. The average Bonchev–Trinajstić information content (AvgIpc) is 3.26. The average molecular weight is 417 g/mol. The molecule has 1 atom stereocenters. The highest BCUT2D eigenvalue weighted by Crippen LogP contribution is 2.21. The Bertz CT molecular complexity index is 640. The van der Waals surface area contributed by atoms with E-state index in [1.807, 2.05) is 13.1 Å². The van der Waals surface area contributed by atoms with Crippen LogP contribution in [0.3, 0.4) is 0 Å². The van der Waals surface area contributed by atoms with Gasteiger partial charge in [-0.3, -0.25) is 4.90 Å². The first-order valence-corrected chi connectivity index (χ1v) is 10.5. The summed E-state index contributed by atoms with van der Waals surface area (Å²) in [5.41, 5.74) is 0. The largest absolute Gasteiger partial charge is 0.401 e. The molecule has 29 heavy (non-hydrogen) atoms. The Hall–Kier alpha value is -1.77. The Labute approximate surface area is 172 Å². The van der Waals surface area contributed by atoms with Crippen molar-refractivity contribution in [2.45, 2.75) is 53.4 Å². The lowest BCUT2D eigenvalue weighted by atomic mass is 10.1. The van der Waals surface area contributed by atoms with E-state index < -0.39 is 12.7 Å². The second-order valence-corrected chi connectivity index (χ2v) is 8.10. The van der Waals surface area contributed by atoms with Gasteiger partial charge in [0.2, 0.25) is 0 Å². The summed E-state index contributed by atoms with van der Waals surface area (Å²) in [6, 6.07) is 0. The molecule has 1 aromatic heterocycles. The summed E-state index contributed by atoms with van der Waals surface area (Å²) in [7, 11) is 0. The van der Waals surface area contributed by atoms with Crippen LogP contribution in [0.4, 0.5) is 13.2 Å². The molecule has 0 amide bonds. The van der Waals surface area contributed by atoms with E-state index in [9.17, 15) is 13.2 Å². The van der Waals surface area contributed by atoms with Crippen molar-refractivity contribution in [1.29, 1.82) is 0 Å². The zero-order valence-electron chi connectivity index (χ0n) is 18.0. The molecule has 0 bridgehead atoms. The molecule has 9 heteroatoms. The van der Waals surface area contributed by atoms with Crippen molar-refractivity contribution < 1.29 is 13.2 Å². The molecule has 1 fully saturated rings. The minimum absolute atomic E-state index is 0.212. The molecule has 2 heterocycles. The molecule has 1 aliphatic rings. The van der Waals surface area contributed by atoms with Crippen molar-refractivity contribution >= 4 is 5.96 Å². The van der Waals surface area contributed by atoms with Crippen molar-refractivity contribution in [2.75, 3.05) is 39.3 Å². The van der Waals surface area contributed by atoms with E-state index in [0.717, 1.165) is 44.4 Å². The number of rotatable bonds is 9.